The maximum atomic E-state index is 12.5. The standard InChI is InChI=1S/C48H82O20/c1-43(2)27(52)10-12-45(5)26-15-21(51)29-20(48(8)14-11-28(68-48)44(3,4)61)9-13-46(29,6)47(26,7)16-22(39(43)45)63-42-38(67-41-37(60)34(57)31(54)24(18-50)65-41)35(58)32(55)25(66-42)19-62-40-36(59)33(56)30(53)23(17-49)64-40/h20-42,49-61H,9-19H2,1-8H3/t20-,21+,22-,23+,24+,25+,26+,27-,28-,29-,30+,31+,32+,33-,34-,35-,36+,37+,38+,39+,40-,41+,42-,45+,46+,47+,48-/m0/s1. The van der Waals surface area contributed by atoms with Crippen molar-refractivity contribution >= 4 is 0 Å². The lowest BCUT2D eigenvalue weighted by Crippen LogP contribution is -2.71. The van der Waals surface area contributed by atoms with E-state index in [1.54, 1.807) is 13.8 Å². The van der Waals surface area contributed by atoms with Gasteiger partial charge < -0.3 is 99.5 Å². The fourth-order valence-electron chi connectivity index (χ4n) is 15.5. The highest BCUT2D eigenvalue weighted by Crippen LogP contribution is 2.76. The lowest BCUT2D eigenvalue weighted by atomic mass is 9.34. The zero-order valence-electron chi connectivity index (χ0n) is 40.7. The van der Waals surface area contributed by atoms with Crippen LogP contribution in [0.4, 0.5) is 0 Å². The molecule has 8 aliphatic rings. The SMILES string of the molecule is CC(C)(O)[C@@H]1CC[C@@](C)([C@H]2CC[C@]3(C)[C@@H]2[C@H](O)C[C@@H]2[C@@]4(C)CC[C@H](O)C(C)(C)[C@H]4[C@@H](O[C@H]4O[C@H](CO[C@H]5O[C@H](CO)[C@@H](O)[C@H](O)[C@H]5O)[C@@H](O)[C@H](O)[C@H]4O[C@H]4O[C@H](CO)[C@@H](O)[C@H](O)[C@H]4O)C[C@]23C)O1. The van der Waals surface area contributed by atoms with E-state index in [4.69, 9.17) is 33.2 Å². The van der Waals surface area contributed by atoms with Crippen LogP contribution >= 0.6 is 0 Å². The Morgan fingerprint density at radius 1 is 0.603 bits per heavy atom. The Labute approximate surface area is 398 Å². The molecular weight excluding hydrogens is 897 g/mol. The van der Waals surface area contributed by atoms with Crippen molar-refractivity contribution in [3.63, 3.8) is 0 Å². The van der Waals surface area contributed by atoms with Crippen molar-refractivity contribution in [2.75, 3.05) is 19.8 Å². The van der Waals surface area contributed by atoms with Gasteiger partial charge in [0.1, 0.15) is 73.2 Å². The van der Waals surface area contributed by atoms with Gasteiger partial charge in [-0.05, 0) is 117 Å². The zero-order chi connectivity index (χ0) is 50.0. The smallest absolute Gasteiger partial charge is 0.187 e. The Morgan fingerprint density at radius 2 is 1.18 bits per heavy atom. The molecule has 394 valence electrons. The van der Waals surface area contributed by atoms with Gasteiger partial charge in [0.2, 0.25) is 0 Å². The van der Waals surface area contributed by atoms with Crippen LogP contribution in [0.5, 0.6) is 0 Å². The van der Waals surface area contributed by atoms with E-state index in [9.17, 15) is 66.4 Å². The van der Waals surface area contributed by atoms with Crippen molar-refractivity contribution in [2.45, 2.75) is 234 Å². The number of fused-ring (bicyclic) bond motifs is 5. The first-order valence-electron chi connectivity index (χ1n) is 24.9. The van der Waals surface area contributed by atoms with Crippen molar-refractivity contribution in [3.05, 3.63) is 0 Å². The van der Waals surface area contributed by atoms with E-state index in [2.05, 4.69) is 27.7 Å². The largest absolute Gasteiger partial charge is 0.394 e. The highest BCUT2D eigenvalue weighted by atomic mass is 16.8. The van der Waals surface area contributed by atoms with E-state index >= 15 is 0 Å². The second-order valence-corrected chi connectivity index (χ2v) is 24.1. The number of rotatable bonds is 11. The second-order valence-electron chi connectivity index (χ2n) is 24.1. The summed E-state index contributed by atoms with van der Waals surface area (Å²) < 4.78 is 43.7. The monoisotopic (exact) mass is 979 g/mol. The van der Waals surface area contributed by atoms with Gasteiger partial charge in [-0.2, -0.15) is 0 Å². The lowest BCUT2D eigenvalue weighted by molar-refractivity contribution is -0.387. The van der Waals surface area contributed by atoms with Gasteiger partial charge in [-0.1, -0.05) is 34.6 Å². The van der Waals surface area contributed by atoms with Crippen LogP contribution in [0.1, 0.15) is 107 Å². The molecule has 27 atom stereocenters. The zero-order valence-corrected chi connectivity index (χ0v) is 40.7. The molecule has 0 radical (unpaired) electrons. The number of hydrogen-bond acceptors (Lipinski definition) is 20. The van der Waals surface area contributed by atoms with Gasteiger partial charge in [0.05, 0.1) is 55.4 Å². The highest BCUT2D eigenvalue weighted by Gasteiger charge is 2.74. The summed E-state index contributed by atoms with van der Waals surface area (Å²) in [6.07, 6.45) is -22.9. The first kappa shape index (κ1) is 53.5. The molecule has 4 aliphatic heterocycles. The third-order valence-corrected chi connectivity index (χ3v) is 19.5. The molecule has 8 rings (SSSR count). The molecular formula is C48H82O20. The van der Waals surface area contributed by atoms with Crippen molar-refractivity contribution < 1.29 is 99.5 Å². The fraction of sp³-hybridized carbons (Fsp3) is 1.00. The summed E-state index contributed by atoms with van der Waals surface area (Å²) in [6, 6.07) is 0. The third kappa shape index (κ3) is 8.56. The molecule has 20 heteroatoms. The van der Waals surface area contributed by atoms with E-state index in [1.165, 1.54) is 0 Å². The maximum Gasteiger partial charge on any atom is 0.187 e. The molecule has 4 saturated carbocycles. The molecule has 4 aliphatic carbocycles. The summed E-state index contributed by atoms with van der Waals surface area (Å²) in [6.45, 7) is 14.3. The van der Waals surface area contributed by atoms with Gasteiger partial charge in [-0.3, -0.25) is 0 Å². The summed E-state index contributed by atoms with van der Waals surface area (Å²) in [5.74, 6) is -0.676. The predicted octanol–water partition coefficient (Wildman–Crippen LogP) is -1.84. The third-order valence-electron chi connectivity index (χ3n) is 19.5. The van der Waals surface area contributed by atoms with E-state index < -0.39 is 169 Å². The number of hydrogen-bond donors (Lipinski definition) is 13. The van der Waals surface area contributed by atoms with Gasteiger partial charge in [-0.15, -0.1) is 0 Å². The number of ether oxygens (including phenoxy) is 7. The molecule has 0 unspecified atom stereocenters. The van der Waals surface area contributed by atoms with E-state index in [0.717, 1.165) is 19.3 Å². The summed E-state index contributed by atoms with van der Waals surface area (Å²) in [5.41, 5.74) is -4.00. The minimum atomic E-state index is -1.90. The van der Waals surface area contributed by atoms with Gasteiger partial charge >= 0.3 is 0 Å². The molecule has 4 heterocycles. The summed E-state index contributed by atoms with van der Waals surface area (Å²) >= 11 is 0. The molecule has 13 N–H and O–H groups in total. The predicted molar refractivity (Wildman–Crippen MR) is 234 cm³/mol. The van der Waals surface area contributed by atoms with Crippen molar-refractivity contribution in [1.29, 1.82) is 0 Å². The average Bonchev–Trinajstić information content (AvgIpc) is 3.88. The Kier molecular flexibility index (Phi) is 14.8. The minimum absolute atomic E-state index is 0.0266. The molecule has 0 aromatic rings. The molecule has 4 saturated heterocycles. The Bertz CT molecular complexity index is 1750. The first-order valence-corrected chi connectivity index (χ1v) is 24.9. The van der Waals surface area contributed by atoms with Gasteiger partial charge in [0.25, 0.3) is 0 Å². The molecule has 0 aromatic carbocycles. The Morgan fingerprint density at radius 3 is 1.76 bits per heavy atom. The minimum Gasteiger partial charge on any atom is -0.394 e. The maximum absolute atomic E-state index is 12.5. The normalized spacial score (nSPS) is 56.2. The molecule has 0 spiro atoms. The van der Waals surface area contributed by atoms with E-state index in [1.807, 2.05) is 13.8 Å². The molecule has 8 fully saturated rings. The summed E-state index contributed by atoms with van der Waals surface area (Å²) in [7, 11) is 0. The topological polar surface area (TPSA) is 328 Å². The van der Waals surface area contributed by atoms with Crippen molar-refractivity contribution in [3.8, 4) is 0 Å². The molecule has 68 heavy (non-hydrogen) atoms. The van der Waals surface area contributed by atoms with Crippen LogP contribution in [-0.4, -0.2) is 214 Å². The average molecular weight is 979 g/mol. The Hall–Kier alpha value is -0.800. The first-order chi connectivity index (χ1) is 31.6. The molecule has 0 amide bonds. The van der Waals surface area contributed by atoms with Crippen LogP contribution in [0.2, 0.25) is 0 Å². The quantitative estimate of drug-likeness (QED) is 0.101. The van der Waals surface area contributed by atoms with Gasteiger partial charge in [0.15, 0.2) is 18.9 Å². The molecule has 0 bridgehead atoms. The van der Waals surface area contributed by atoms with Crippen LogP contribution < -0.4 is 0 Å². The fourth-order valence-corrected chi connectivity index (χ4v) is 15.5. The lowest BCUT2D eigenvalue weighted by Gasteiger charge is -2.72. The number of aliphatic hydroxyl groups is 13. The summed E-state index contributed by atoms with van der Waals surface area (Å²) in [4.78, 5) is 0. The highest BCUT2D eigenvalue weighted by molar-refractivity contribution is 5.22. The van der Waals surface area contributed by atoms with Gasteiger partial charge in [0, 0.05) is 0 Å². The molecule has 0 aromatic heterocycles. The van der Waals surface area contributed by atoms with E-state index in [-0.39, 0.29) is 23.9 Å². The molecule has 20 nitrogen and oxygen atoms in total. The number of aliphatic hydroxyl groups excluding tert-OH is 12. The summed E-state index contributed by atoms with van der Waals surface area (Å²) in [5, 5.41) is 143. The van der Waals surface area contributed by atoms with Crippen molar-refractivity contribution in [1.82, 2.24) is 0 Å². The van der Waals surface area contributed by atoms with Crippen LogP contribution in [0, 0.1) is 45.3 Å². The van der Waals surface area contributed by atoms with Crippen LogP contribution in [0.25, 0.3) is 0 Å². The van der Waals surface area contributed by atoms with Crippen LogP contribution in [0.3, 0.4) is 0 Å². The van der Waals surface area contributed by atoms with Crippen LogP contribution in [0.15, 0.2) is 0 Å². The Balaban J connectivity index is 1.15. The van der Waals surface area contributed by atoms with Crippen molar-refractivity contribution in [2.24, 2.45) is 45.3 Å². The van der Waals surface area contributed by atoms with Crippen LogP contribution in [-0.2, 0) is 33.2 Å². The second kappa shape index (κ2) is 18.8. The van der Waals surface area contributed by atoms with E-state index in [0.29, 0.717) is 32.1 Å². The van der Waals surface area contributed by atoms with Gasteiger partial charge in [-0.25, -0.2) is 0 Å².